The first-order valence-corrected chi connectivity index (χ1v) is 10.8. The van der Waals surface area contributed by atoms with Crippen LogP contribution in [0.4, 0.5) is 0 Å². The fourth-order valence-electron chi connectivity index (χ4n) is 4.03. The van der Waals surface area contributed by atoms with Crippen LogP contribution in [0.25, 0.3) is 0 Å². The summed E-state index contributed by atoms with van der Waals surface area (Å²) in [5.41, 5.74) is 0.157. The number of nitrogens with zero attached hydrogens (tertiary/aromatic N) is 1. The molecule has 3 rings (SSSR count). The first-order chi connectivity index (χ1) is 13.0. The van der Waals surface area contributed by atoms with Gasteiger partial charge in [-0.05, 0) is 53.4 Å². The third-order valence-corrected chi connectivity index (χ3v) is 6.31. The van der Waals surface area contributed by atoms with Crippen molar-refractivity contribution in [1.29, 1.82) is 0 Å². The maximum atomic E-state index is 12.8. The maximum absolute atomic E-state index is 12.8. The lowest BCUT2D eigenvalue weighted by atomic mass is 9.93. The van der Waals surface area contributed by atoms with E-state index in [2.05, 4.69) is 26.2 Å². The Morgan fingerprint density at radius 2 is 2.11 bits per heavy atom. The van der Waals surface area contributed by atoms with E-state index < -0.39 is 0 Å². The van der Waals surface area contributed by atoms with Crippen molar-refractivity contribution < 1.29 is 18.7 Å². The molecule has 1 spiro atoms. The number of amides is 1. The van der Waals surface area contributed by atoms with Crippen LogP contribution in [0.3, 0.4) is 0 Å². The van der Waals surface area contributed by atoms with Gasteiger partial charge in [0.25, 0.3) is 0 Å². The summed E-state index contributed by atoms with van der Waals surface area (Å²) < 4.78 is 11.6. The van der Waals surface area contributed by atoms with Crippen molar-refractivity contribution in [2.45, 2.75) is 70.8 Å². The Balaban J connectivity index is 1.51. The number of unbranched alkanes of at least 4 members (excludes halogenated alkanes) is 2. The van der Waals surface area contributed by atoms with Gasteiger partial charge in [0, 0.05) is 32.0 Å². The van der Waals surface area contributed by atoms with Gasteiger partial charge >= 0.3 is 0 Å². The van der Waals surface area contributed by atoms with Crippen LogP contribution in [-0.2, 0) is 14.3 Å². The van der Waals surface area contributed by atoms with Crippen LogP contribution in [0.15, 0.2) is 15.3 Å². The molecule has 0 aromatic carbocycles. The highest BCUT2D eigenvalue weighted by Crippen LogP contribution is 2.59. The molecule has 1 aromatic heterocycles. The van der Waals surface area contributed by atoms with Crippen LogP contribution in [0.5, 0.6) is 0 Å². The summed E-state index contributed by atoms with van der Waals surface area (Å²) in [5.74, 6) is 1.05. The summed E-state index contributed by atoms with van der Waals surface area (Å²) in [7, 11) is 0. The van der Waals surface area contributed by atoms with Gasteiger partial charge in [0.15, 0.2) is 4.67 Å². The Labute approximate surface area is 168 Å². The SMILES string of the molecule is CCC(=O)CCCCC[C@H](NC(=O)C1CC12CCOCC2)c1ncc(Br)o1. The van der Waals surface area contributed by atoms with Crippen LogP contribution in [0.1, 0.15) is 76.6 Å². The largest absolute Gasteiger partial charge is 0.432 e. The molecule has 1 unspecified atom stereocenters. The predicted molar refractivity (Wildman–Crippen MR) is 104 cm³/mol. The van der Waals surface area contributed by atoms with E-state index in [4.69, 9.17) is 9.15 Å². The minimum absolute atomic E-state index is 0.0875. The molecule has 2 heterocycles. The fourth-order valence-corrected chi connectivity index (χ4v) is 4.30. The van der Waals surface area contributed by atoms with Crippen molar-refractivity contribution >= 4 is 27.6 Å². The Kier molecular flexibility index (Phi) is 7.09. The van der Waals surface area contributed by atoms with E-state index in [0.717, 1.165) is 58.2 Å². The van der Waals surface area contributed by atoms with Gasteiger partial charge in [-0.1, -0.05) is 19.8 Å². The number of hydrogen-bond acceptors (Lipinski definition) is 5. The van der Waals surface area contributed by atoms with Crippen molar-refractivity contribution in [1.82, 2.24) is 10.3 Å². The summed E-state index contributed by atoms with van der Waals surface area (Å²) in [5, 5.41) is 3.17. The van der Waals surface area contributed by atoms with Gasteiger partial charge in [-0.25, -0.2) is 4.98 Å². The zero-order valence-electron chi connectivity index (χ0n) is 16.0. The molecule has 1 aliphatic heterocycles. The second-order valence-electron chi connectivity index (χ2n) is 7.79. The highest BCUT2D eigenvalue weighted by Gasteiger charge is 2.58. The highest BCUT2D eigenvalue weighted by atomic mass is 79.9. The standard InChI is InChI=1S/C20H29BrN2O4/c1-2-14(24)6-4-3-5-7-16(19-22-13-17(21)27-19)23-18(25)15-12-20(15)8-10-26-11-9-20/h13,15-16H,2-12H2,1H3,(H,23,25)/t15?,16-/m0/s1. The second-order valence-corrected chi connectivity index (χ2v) is 8.57. The molecule has 0 bridgehead atoms. The van der Waals surface area contributed by atoms with Gasteiger partial charge in [-0.3, -0.25) is 9.59 Å². The Morgan fingerprint density at radius 1 is 1.33 bits per heavy atom. The zero-order valence-corrected chi connectivity index (χ0v) is 17.6. The lowest BCUT2D eigenvalue weighted by Crippen LogP contribution is -2.33. The molecule has 27 heavy (non-hydrogen) atoms. The van der Waals surface area contributed by atoms with Gasteiger partial charge in [-0.15, -0.1) is 0 Å². The Hall–Kier alpha value is -1.21. The number of carbonyl (C=O) groups excluding carboxylic acids is 2. The molecule has 150 valence electrons. The molecule has 2 atom stereocenters. The number of Topliss-reactive ketones (excluding diaryl/α,β-unsaturated/α-hetero) is 1. The summed E-state index contributed by atoms with van der Waals surface area (Å²) in [6, 6.07) is -0.219. The molecular weight excluding hydrogens is 412 g/mol. The van der Waals surface area contributed by atoms with Crippen molar-refractivity contribution in [2.75, 3.05) is 13.2 Å². The first-order valence-electron chi connectivity index (χ1n) is 10.0. The molecule has 1 amide bonds. The topological polar surface area (TPSA) is 81.4 Å². The predicted octanol–water partition coefficient (Wildman–Crippen LogP) is 4.34. The van der Waals surface area contributed by atoms with Crippen LogP contribution in [-0.4, -0.2) is 29.9 Å². The van der Waals surface area contributed by atoms with Crippen molar-refractivity contribution in [3.8, 4) is 0 Å². The third-order valence-electron chi connectivity index (χ3n) is 5.95. The summed E-state index contributed by atoms with van der Waals surface area (Å²) >= 11 is 3.29. The molecule has 6 nitrogen and oxygen atoms in total. The van der Waals surface area contributed by atoms with Gasteiger partial charge in [0.1, 0.15) is 11.8 Å². The van der Waals surface area contributed by atoms with Crippen LogP contribution >= 0.6 is 15.9 Å². The van der Waals surface area contributed by atoms with Crippen molar-refractivity contribution in [3.05, 3.63) is 16.8 Å². The Bertz CT molecular complexity index is 654. The number of nitrogens with one attached hydrogen (secondary N) is 1. The van der Waals surface area contributed by atoms with E-state index in [1.165, 1.54) is 0 Å². The summed E-state index contributed by atoms with van der Waals surface area (Å²) in [4.78, 5) is 28.5. The summed E-state index contributed by atoms with van der Waals surface area (Å²) in [6.07, 6.45) is 9.33. The molecule has 1 aliphatic carbocycles. The number of hydrogen-bond donors (Lipinski definition) is 1. The second kappa shape index (κ2) is 9.32. The minimum atomic E-state index is -0.219. The number of halogens is 1. The number of aromatic nitrogens is 1. The molecule has 7 heteroatoms. The maximum Gasteiger partial charge on any atom is 0.224 e. The average Bonchev–Trinajstić information content (AvgIpc) is 3.17. The lowest BCUT2D eigenvalue weighted by Gasteiger charge is -2.23. The molecule has 1 aromatic rings. The lowest BCUT2D eigenvalue weighted by molar-refractivity contribution is -0.124. The molecule has 2 aliphatic rings. The van der Waals surface area contributed by atoms with E-state index >= 15 is 0 Å². The quantitative estimate of drug-likeness (QED) is 0.547. The van der Waals surface area contributed by atoms with Gasteiger partial charge in [0.2, 0.25) is 11.8 Å². The van der Waals surface area contributed by atoms with E-state index in [1.807, 2.05) is 6.92 Å². The van der Waals surface area contributed by atoms with E-state index in [9.17, 15) is 9.59 Å². The third kappa shape index (κ3) is 5.41. The van der Waals surface area contributed by atoms with Gasteiger partial charge in [0.05, 0.1) is 6.20 Å². The van der Waals surface area contributed by atoms with Crippen molar-refractivity contribution in [2.24, 2.45) is 11.3 Å². The zero-order chi connectivity index (χ0) is 19.3. The van der Waals surface area contributed by atoms with E-state index in [-0.39, 0.29) is 23.3 Å². The van der Waals surface area contributed by atoms with E-state index in [0.29, 0.717) is 29.2 Å². The smallest absolute Gasteiger partial charge is 0.224 e. The van der Waals surface area contributed by atoms with Crippen LogP contribution in [0, 0.1) is 11.3 Å². The minimum Gasteiger partial charge on any atom is -0.432 e. The van der Waals surface area contributed by atoms with Crippen LogP contribution < -0.4 is 5.32 Å². The van der Waals surface area contributed by atoms with Gasteiger partial charge < -0.3 is 14.5 Å². The summed E-state index contributed by atoms with van der Waals surface area (Å²) in [6.45, 7) is 3.42. The first kappa shape index (κ1) is 20.5. The molecule has 1 N–H and O–H groups in total. The van der Waals surface area contributed by atoms with Crippen LogP contribution in [0.2, 0.25) is 0 Å². The fraction of sp³-hybridized carbons (Fsp3) is 0.750. The van der Waals surface area contributed by atoms with Crippen molar-refractivity contribution in [3.63, 3.8) is 0 Å². The monoisotopic (exact) mass is 440 g/mol. The molecular formula is C20H29BrN2O4. The average molecular weight is 441 g/mol. The number of ketones is 1. The molecule has 2 fully saturated rings. The number of ether oxygens (including phenoxy) is 1. The number of carbonyl (C=O) groups is 2. The number of rotatable bonds is 10. The van der Waals surface area contributed by atoms with E-state index in [1.54, 1.807) is 6.20 Å². The normalized spacial score (nSPS) is 21.8. The Morgan fingerprint density at radius 3 is 2.78 bits per heavy atom. The number of oxazole rings is 1. The molecule has 0 radical (unpaired) electrons. The molecule has 1 saturated carbocycles. The van der Waals surface area contributed by atoms with Gasteiger partial charge in [-0.2, -0.15) is 0 Å². The highest BCUT2D eigenvalue weighted by molar-refractivity contribution is 9.10. The molecule has 1 saturated heterocycles.